The summed E-state index contributed by atoms with van der Waals surface area (Å²) in [6.45, 7) is 3.92. The predicted octanol–water partition coefficient (Wildman–Crippen LogP) is 2.49. The number of nitrogens with zero attached hydrogens (tertiary/aromatic N) is 2. The van der Waals surface area contributed by atoms with E-state index in [1.54, 1.807) is 25.8 Å². The van der Waals surface area contributed by atoms with Gasteiger partial charge in [-0.1, -0.05) is 35.5 Å². The average Bonchev–Trinajstić information content (AvgIpc) is 2.86. The maximum absolute atomic E-state index is 12.6. The number of rotatable bonds is 5. The maximum atomic E-state index is 12.6. The van der Waals surface area contributed by atoms with Crippen LogP contribution in [0.5, 0.6) is 0 Å². The third-order valence-electron chi connectivity index (χ3n) is 3.35. The second-order valence-corrected chi connectivity index (χ2v) is 5.19. The summed E-state index contributed by atoms with van der Waals surface area (Å²) in [6.07, 6.45) is 0.102. The molecule has 0 saturated heterocycles. The summed E-state index contributed by atoms with van der Waals surface area (Å²) in [5.74, 6) is 0.357. The molecule has 0 saturated carbocycles. The minimum Gasteiger partial charge on any atom is -0.393 e. The fourth-order valence-corrected chi connectivity index (χ4v) is 2.09. The number of carbonyl (C=O) groups excluding carboxylic acids is 1. The molecule has 0 radical (unpaired) electrons. The number of aliphatic hydroxyl groups excluding tert-OH is 1. The summed E-state index contributed by atoms with van der Waals surface area (Å²) in [7, 11) is 1.71. The molecule has 2 rings (SSSR count). The second kappa shape index (κ2) is 6.54. The molecule has 0 aliphatic heterocycles. The van der Waals surface area contributed by atoms with Gasteiger partial charge in [0.1, 0.15) is 17.0 Å². The smallest absolute Gasteiger partial charge is 0.259 e. The molecule has 1 heterocycles. The van der Waals surface area contributed by atoms with Crippen molar-refractivity contribution >= 4 is 5.91 Å². The third kappa shape index (κ3) is 3.49. The summed E-state index contributed by atoms with van der Waals surface area (Å²) in [5, 5.41) is 13.3. The highest BCUT2D eigenvalue weighted by molar-refractivity contribution is 6.00. The molecule has 5 heteroatoms. The lowest BCUT2D eigenvalue weighted by atomic mass is 10.1. The van der Waals surface area contributed by atoms with Crippen LogP contribution in [0.3, 0.4) is 0 Å². The van der Waals surface area contributed by atoms with Crippen LogP contribution in [0.25, 0.3) is 11.3 Å². The summed E-state index contributed by atoms with van der Waals surface area (Å²) in [5.41, 5.74) is 1.89. The second-order valence-electron chi connectivity index (χ2n) is 5.19. The Morgan fingerprint density at radius 3 is 2.67 bits per heavy atom. The van der Waals surface area contributed by atoms with Crippen LogP contribution in [0.15, 0.2) is 34.9 Å². The van der Waals surface area contributed by atoms with E-state index >= 15 is 0 Å². The lowest BCUT2D eigenvalue weighted by Crippen LogP contribution is -2.30. The molecule has 0 aliphatic carbocycles. The van der Waals surface area contributed by atoms with Crippen molar-refractivity contribution in [2.24, 2.45) is 0 Å². The van der Waals surface area contributed by atoms with Crippen molar-refractivity contribution in [3.05, 3.63) is 41.7 Å². The number of aliphatic hydroxyl groups is 1. The molecule has 5 nitrogen and oxygen atoms in total. The van der Waals surface area contributed by atoms with Crippen LogP contribution >= 0.6 is 0 Å². The number of hydrogen-bond acceptors (Lipinski definition) is 4. The van der Waals surface area contributed by atoms with Gasteiger partial charge in [-0.05, 0) is 20.3 Å². The number of aryl methyl sites for hydroxylation is 1. The minimum absolute atomic E-state index is 0.145. The van der Waals surface area contributed by atoms with Crippen LogP contribution in [-0.2, 0) is 0 Å². The summed E-state index contributed by atoms with van der Waals surface area (Å²) in [6, 6.07) is 9.48. The number of benzene rings is 1. The molecule has 0 aliphatic rings. The van der Waals surface area contributed by atoms with Gasteiger partial charge in [-0.25, -0.2) is 0 Å². The van der Waals surface area contributed by atoms with E-state index in [2.05, 4.69) is 5.16 Å². The molecule has 0 bridgehead atoms. The molecule has 112 valence electrons. The zero-order valence-electron chi connectivity index (χ0n) is 12.5. The Morgan fingerprint density at radius 2 is 2.05 bits per heavy atom. The Labute approximate surface area is 124 Å². The van der Waals surface area contributed by atoms with Gasteiger partial charge in [0.05, 0.1) is 6.10 Å². The van der Waals surface area contributed by atoms with E-state index < -0.39 is 6.10 Å². The van der Waals surface area contributed by atoms with Gasteiger partial charge in [-0.2, -0.15) is 0 Å². The first-order valence-corrected chi connectivity index (χ1v) is 6.96. The first kappa shape index (κ1) is 15.3. The SMILES string of the molecule is Cc1onc(-c2ccccc2)c1C(=O)N(C)CCC(C)O. The lowest BCUT2D eigenvalue weighted by Gasteiger charge is -2.18. The zero-order valence-corrected chi connectivity index (χ0v) is 12.5. The van der Waals surface area contributed by atoms with Gasteiger partial charge in [-0.3, -0.25) is 4.79 Å². The van der Waals surface area contributed by atoms with Gasteiger partial charge in [-0.15, -0.1) is 0 Å². The van der Waals surface area contributed by atoms with Crippen molar-refractivity contribution in [3.8, 4) is 11.3 Å². The van der Waals surface area contributed by atoms with Gasteiger partial charge < -0.3 is 14.5 Å². The monoisotopic (exact) mass is 288 g/mol. The molecular weight excluding hydrogens is 268 g/mol. The van der Waals surface area contributed by atoms with Crippen molar-refractivity contribution < 1.29 is 14.4 Å². The molecule has 1 aromatic carbocycles. The number of amides is 1. The Balaban J connectivity index is 2.27. The Morgan fingerprint density at radius 1 is 1.38 bits per heavy atom. The highest BCUT2D eigenvalue weighted by Gasteiger charge is 2.24. The van der Waals surface area contributed by atoms with E-state index in [4.69, 9.17) is 4.52 Å². The summed E-state index contributed by atoms with van der Waals surface area (Å²) in [4.78, 5) is 14.2. The van der Waals surface area contributed by atoms with Crippen molar-refractivity contribution in [2.75, 3.05) is 13.6 Å². The molecule has 0 spiro atoms. The fraction of sp³-hybridized carbons (Fsp3) is 0.375. The van der Waals surface area contributed by atoms with Gasteiger partial charge in [0, 0.05) is 19.2 Å². The predicted molar refractivity (Wildman–Crippen MR) is 79.9 cm³/mol. The maximum Gasteiger partial charge on any atom is 0.259 e. The Bertz CT molecular complexity index is 605. The van der Waals surface area contributed by atoms with Crippen molar-refractivity contribution in [2.45, 2.75) is 26.4 Å². The van der Waals surface area contributed by atoms with E-state index in [1.165, 1.54) is 0 Å². The van der Waals surface area contributed by atoms with Crippen LogP contribution in [0.1, 0.15) is 29.5 Å². The number of hydrogen-bond donors (Lipinski definition) is 1. The molecule has 1 atom stereocenters. The molecule has 1 N–H and O–H groups in total. The van der Waals surface area contributed by atoms with Crippen LogP contribution in [0.2, 0.25) is 0 Å². The summed E-state index contributed by atoms with van der Waals surface area (Å²) < 4.78 is 5.20. The van der Waals surface area contributed by atoms with E-state index in [0.717, 1.165) is 5.56 Å². The number of aromatic nitrogens is 1. The average molecular weight is 288 g/mol. The molecule has 1 unspecified atom stereocenters. The first-order valence-electron chi connectivity index (χ1n) is 6.96. The molecule has 0 fully saturated rings. The van der Waals surface area contributed by atoms with Gasteiger partial charge in [0.25, 0.3) is 5.91 Å². The van der Waals surface area contributed by atoms with E-state index in [9.17, 15) is 9.90 Å². The molecule has 1 amide bonds. The lowest BCUT2D eigenvalue weighted by molar-refractivity contribution is 0.0768. The van der Waals surface area contributed by atoms with E-state index in [1.807, 2.05) is 30.3 Å². The molecule has 1 aromatic heterocycles. The van der Waals surface area contributed by atoms with Crippen molar-refractivity contribution in [1.29, 1.82) is 0 Å². The van der Waals surface area contributed by atoms with Crippen LogP contribution in [-0.4, -0.2) is 40.8 Å². The van der Waals surface area contributed by atoms with Crippen molar-refractivity contribution in [1.82, 2.24) is 10.1 Å². The standard InChI is InChI=1S/C16H20N2O3/c1-11(19)9-10-18(3)16(20)14-12(2)21-17-15(14)13-7-5-4-6-8-13/h4-8,11,19H,9-10H2,1-3H3. The largest absolute Gasteiger partial charge is 0.393 e. The summed E-state index contributed by atoms with van der Waals surface area (Å²) >= 11 is 0. The van der Waals surface area contributed by atoms with Crippen LogP contribution in [0.4, 0.5) is 0 Å². The van der Waals surface area contributed by atoms with Crippen LogP contribution < -0.4 is 0 Å². The van der Waals surface area contributed by atoms with Gasteiger partial charge in [0.2, 0.25) is 0 Å². The topological polar surface area (TPSA) is 66.6 Å². The third-order valence-corrected chi connectivity index (χ3v) is 3.35. The highest BCUT2D eigenvalue weighted by Crippen LogP contribution is 2.26. The van der Waals surface area contributed by atoms with Crippen molar-refractivity contribution in [3.63, 3.8) is 0 Å². The van der Waals surface area contributed by atoms with Crippen LogP contribution in [0, 0.1) is 6.92 Å². The molecular formula is C16H20N2O3. The quantitative estimate of drug-likeness (QED) is 0.918. The highest BCUT2D eigenvalue weighted by atomic mass is 16.5. The first-order chi connectivity index (χ1) is 10.0. The van der Waals surface area contributed by atoms with Gasteiger partial charge >= 0.3 is 0 Å². The fourth-order valence-electron chi connectivity index (χ4n) is 2.09. The van der Waals surface area contributed by atoms with E-state index in [-0.39, 0.29) is 5.91 Å². The molecule has 2 aromatic rings. The van der Waals surface area contributed by atoms with Gasteiger partial charge in [0.15, 0.2) is 0 Å². The minimum atomic E-state index is -0.433. The zero-order chi connectivity index (χ0) is 15.4. The Kier molecular flexibility index (Phi) is 4.75. The number of carbonyl (C=O) groups is 1. The Hall–Kier alpha value is -2.14. The normalized spacial score (nSPS) is 12.2. The molecule has 21 heavy (non-hydrogen) atoms. The van der Waals surface area contributed by atoms with E-state index in [0.29, 0.717) is 30.0 Å².